The van der Waals surface area contributed by atoms with E-state index in [1.54, 1.807) is 29.2 Å². The van der Waals surface area contributed by atoms with E-state index >= 15 is 0 Å². The number of amides is 2. The predicted molar refractivity (Wildman–Crippen MR) is 143 cm³/mol. The van der Waals surface area contributed by atoms with E-state index in [9.17, 15) is 22.8 Å². The van der Waals surface area contributed by atoms with Crippen LogP contribution in [-0.4, -0.2) is 45.7 Å². The van der Waals surface area contributed by atoms with E-state index in [1.807, 2.05) is 37.3 Å². The van der Waals surface area contributed by atoms with Crippen LogP contribution in [0.3, 0.4) is 0 Å². The van der Waals surface area contributed by atoms with Gasteiger partial charge in [-0.1, -0.05) is 42.5 Å². The van der Waals surface area contributed by atoms with Crippen molar-refractivity contribution < 1.29 is 32.2 Å². The summed E-state index contributed by atoms with van der Waals surface area (Å²) in [6.07, 6.45) is -4.98. The monoisotopic (exact) mass is 557 g/mol. The van der Waals surface area contributed by atoms with Crippen LogP contribution in [-0.2, 0) is 22.7 Å². The Labute approximate surface area is 229 Å². The lowest BCUT2D eigenvalue weighted by Crippen LogP contribution is -2.37. The van der Waals surface area contributed by atoms with Crippen LogP contribution >= 0.6 is 12.2 Å². The average molecular weight is 558 g/mol. The Balaban J connectivity index is 1.51. The molecule has 1 N–H and O–H groups in total. The zero-order valence-electron chi connectivity index (χ0n) is 21.0. The fourth-order valence-corrected chi connectivity index (χ4v) is 4.51. The summed E-state index contributed by atoms with van der Waals surface area (Å²) in [5.74, 6) is -0.409. The van der Waals surface area contributed by atoms with Crippen molar-refractivity contribution in [3.63, 3.8) is 0 Å². The largest absolute Gasteiger partial charge is 0.573 e. The van der Waals surface area contributed by atoms with Crippen molar-refractivity contribution in [3.8, 4) is 11.5 Å². The number of carbonyl (C=O) groups is 2. The molecule has 0 saturated carbocycles. The molecule has 39 heavy (non-hydrogen) atoms. The minimum Gasteiger partial charge on any atom is -0.494 e. The Morgan fingerprint density at radius 1 is 0.923 bits per heavy atom. The molecule has 1 fully saturated rings. The van der Waals surface area contributed by atoms with E-state index in [-0.39, 0.29) is 42.2 Å². The summed E-state index contributed by atoms with van der Waals surface area (Å²) in [4.78, 5) is 29.5. The number of ether oxygens (including phenoxy) is 2. The standard InChI is InChI=1S/C28H26F3N3O4S/c1-2-37-22-14-10-21(11-15-22)32-25(35)16-24-26(36)34(18-19-6-4-3-5-7-19)27(39)33(24)17-20-8-12-23(13-9-20)38-28(29,30)31/h3-15,24H,2,16-18H2,1H3,(H,32,35)/t24-/m1/s1. The molecule has 1 atom stereocenters. The molecular weight excluding hydrogens is 531 g/mol. The van der Waals surface area contributed by atoms with Crippen molar-refractivity contribution >= 4 is 34.8 Å². The van der Waals surface area contributed by atoms with Crippen LogP contribution in [0.25, 0.3) is 0 Å². The summed E-state index contributed by atoms with van der Waals surface area (Å²) in [5.41, 5.74) is 2.00. The van der Waals surface area contributed by atoms with Crippen LogP contribution in [0.5, 0.6) is 11.5 Å². The Morgan fingerprint density at radius 2 is 1.54 bits per heavy atom. The number of nitrogens with one attached hydrogen (secondary N) is 1. The summed E-state index contributed by atoms with van der Waals surface area (Å²) in [5, 5.41) is 3.03. The zero-order chi connectivity index (χ0) is 28.0. The molecule has 3 aromatic rings. The second-order valence-electron chi connectivity index (χ2n) is 8.74. The number of benzene rings is 3. The number of alkyl halides is 3. The smallest absolute Gasteiger partial charge is 0.494 e. The van der Waals surface area contributed by atoms with E-state index in [4.69, 9.17) is 17.0 Å². The number of rotatable bonds is 10. The average Bonchev–Trinajstić information content (AvgIpc) is 3.10. The normalized spacial score (nSPS) is 15.4. The minimum absolute atomic E-state index is 0.114. The summed E-state index contributed by atoms with van der Waals surface area (Å²) < 4.78 is 47.0. The van der Waals surface area contributed by atoms with Gasteiger partial charge in [0.05, 0.1) is 19.6 Å². The van der Waals surface area contributed by atoms with Crippen LogP contribution in [0.15, 0.2) is 78.9 Å². The Kier molecular flexibility index (Phi) is 8.70. The van der Waals surface area contributed by atoms with Gasteiger partial charge >= 0.3 is 6.36 Å². The van der Waals surface area contributed by atoms with Gasteiger partial charge in [-0.3, -0.25) is 14.5 Å². The van der Waals surface area contributed by atoms with Crippen molar-refractivity contribution in [2.75, 3.05) is 11.9 Å². The second-order valence-corrected chi connectivity index (χ2v) is 9.10. The molecule has 1 saturated heterocycles. The van der Waals surface area contributed by atoms with E-state index in [0.29, 0.717) is 23.6 Å². The van der Waals surface area contributed by atoms with Gasteiger partial charge in [0, 0.05) is 12.2 Å². The van der Waals surface area contributed by atoms with Crippen LogP contribution < -0.4 is 14.8 Å². The van der Waals surface area contributed by atoms with Gasteiger partial charge in [0.15, 0.2) is 5.11 Å². The summed E-state index contributed by atoms with van der Waals surface area (Å²) >= 11 is 5.65. The van der Waals surface area contributed by atoms with Crippen molar-refractivity contribution in [1.29, 1.82) is 0 Å². The lowest BCUT2D eigenvalue weighted by atomic mass is 10.1. The summed E-state index contributed by atoms with van der Waals surface area (Å²) in [7, 11) is 0. The highest BCUT2D eigenvalue weighted by atomic mass is 32.1. The van der Waals surface area contributed by atoms with Gasteiger partial charge in [0.25, 0.3) is 5.91 Å². The van der Waals surface area contributed by atoms with E-state index in [0.717, 1.165) is 5.56 Å². The molecule has 3 aromatic carbocycles. The number of nitrogens with zero attached hydrogens (tertiary/aromatic N) is 2. The third kappa shape index (κ3) is 7.47. The summed E-state index contributed by atoms with van der Waals surface area (Å²) in [6.45, 7) is 2.73. The molecular formula is C28H26F3N3O4S. The van der Waals surface area contributed by atoms with Crippen LogP contribution in [0, 0.1) is 0 Å². The van der Waals surface area contributed by atoms with E-state index in [1.165, 1.54) is 29.2 Å². The van der Waals surface area contributed by atoms with Gasteiger partial charge in [0.2, 0.25) is 5.91 Å². The predicted octanol–water partition coefficient (Wildman–Crippen LogP) is 5.51. The first-order valence-corrected chi connectivity index (χ1v) is 12.6. The molecule has 204 valence electrons. The molecule has 1 aliphatic heterocycles. The van der Waals surface area contributed by atoms with Crippen LogP contribution in [0.4, 0.5) is 18.9 Å². The number of anilines is 1. The molecule has 0 radical (unpaired) electrons. The van der Waals surface area contributed by atoms with Crippen molar-refractivity contribution in [2.24, 2.45) is 0 Å². The first-order valence-electron chi connectivity index (χ1n) is 12.2. The molecule has 1 aliphatic rings. The molecule has 7 nitrogen and oxygen atoms in total. The van der Waals surface area contributed by atoms with Gasteiger partial charge in [-0.25, -0.2) is 0 Å². The first-order chi connectivity index (χ1) is 18.6. The highest BCUT2D eigenvalue weighted by Crippen LogP contribution is 2.28. The van der Waals surface area contributed by atoms with Crippen molar-refractivity contribution in [2.45, 2.75) is 38.8 Å². The molecule has 4 rings (SSSR count). The minimum atomic E-state index is -4.80. The maximum absolute atomic E-state index is 13.5. The maximum atomic E-state index is 13.5. The maximum Gasteiger partial charge on any atom is 0.573 e. The molecule has 1 heterocycles. The van der Waals surface area contributed by atoms with Crippen molar-refractivity contribution in [3.05, 3.63) is 90.0 Å². The zero-order valence-corrected chi connectivity index (χ0v) is 21.8. The number of thiocarbonyl (C=S) groups is 1. The van der Waals surface area contributed by atoms with Gasteiger partial charge in [-0.15, -0.1) is 13.2 Å². The first kappa shape index (κ1) is 27.9. The molecule has 0 aromatic heterocycles. The summed E-state index contributed by atoms with van der Waals surface area (Å²) in [6, 6.07) is 20.6. The number of halogens is 3. The van der Waals surface area contributed by atoms with E-state index in [2.05, 4.69) is 10.1 Å². The lowest BCUT2D eigenvalue weighted by molar-refractivity contribution is -0.274. The lowest BCUT2D eigenvalue weighted by Gasteiger charge is -2.24. The SMILES string of the molecule is CCOc1ccc(NC(=O)C[C@@H]2C(=O)N(Cc3ccccc3)C(=S)N2Cc2ccc(OC(F)(F)F)cc2)cc1. The molecule has 11 heteroatoms. The van der Waals surface area contributed by atoms with Crippen LogP contribution in [0.2, 0.25) is 0 Å². The molecule has 0 spiro atoms. The third-order valence-corrected chi connectivity index (χ3v) is 6.38. The van der Waals surface area contributed by atoms with Gasteiger partial charge in [-0.05, 0) is 66.7 Å². The fraction of sp³-hybridized carbons (Fsp3) is 0.250. The number of hydrogen-bond acceptors (Lipinski definition) is 5. The topological polar surface area (TPSA) is 71.1 Å². The van der Waals surface area contributed by atoms with Gasteiger partial charge in [-0.2, -0.15) is 0 Å². The second kappa shape index (κ2) is 12.2. The number of carbonyl (C=O) groups excluding carboxylic acids is 2. The molecule has 0 bridgehead atoms. The van der Waals surface area contributed by atoms with Gasteiger partial charge < -0.3 is 19.7 Å². The third-order valence-electron chi connectivity index (χ3n) is 5.93. The Morgan fingerprint density at radius 3 is 2.15 bits per heavy atom. The van der Waals surface area contributed by atoms with Crippen LogP contribution in [0.1, 0.15) is 24.5 Å². The molecule has 2 amide bonds. The Hall–Kier alpha value is -4.12. The van der Waals surface area contributed by atoms with Crippen molar-refractivity contribution in [1.82, 2.24) is 9.80 Å². The Bertz CT molecular complexity index is 1300. The quantitative estimate of drug-likeness (QED) is 0.332. The fourth-order valence-electron chi connectivity index (χ4n) is 4.16. The molecule has 0 aliphatic carbocycles. The van der Waals surface area contributed by atoms with Gasteiger partial charge in [0.1, 0.15) is 17.5 Å². The number of hydrogen-bond donors (Lipinski definition) is 1. The van der Waals surface area contributed by atoms with E-state index < -0.39 is 12.4 Å². The molecule has 0 unspecified atom stereocenters. The highest BCUT2D eigenvalue weighted by Gasteiger charge is 2.43. The highest BCUT2D eigenvalue weighted by molar-refractivity contribution is 7.80.